The Balaban J connectivity index is 1.72. The molecule has 7 nitrogen and oxygen atoms in total. The van der Waals surface area contributed by atoms with Gasteiger partial charge in [-0.15, -0.1) is 0 Å². The zero-order chi connectivity index (χ0) is 22.1. The van der Waals surface area contributed by atoms with Crippen LogP contribution in [0.3, 0.4) is 0 Å². The van der Waals surface area contributed by atoms with Crippen molar-refractivity contribution in [3.63, 3.8) is 0 Å². The van der Waals surface area contributed by atoms with Crippen molar-refractivity contribution in [1.29, 1.82) is 0 Å². The highest BCUT2D eigenvalue weighted by Crippen LogP contribution is 2.34. The van der Waals surface area contributed by atoms with Gasteiger partial charge in [0.1, 0.15) is 29.8 Å². The fourth-order valence-electron chi connectivity index (χ4n) is 3.73. The predicted molar refractivity (Wildman–Crippen MR) is 111 cm³/mol. The number of para-hydroxylation sites is 1. The number of carbonyl (C=O) groups excluding carboxylic acids is 1. The topological polar surface area (TPSA) is 96.6 Å². The van der Waals surface area contributed by atoms with Crippen molar-refractivity contribution in [2.75, 3.05) is 5.32 Å². The lowest BCUT2D eigenvalue weighted by Crippen LogP contribution is -2.15. The number of nitrogens with one attached hydrogen (secondary N) is 1. The number of aromatic nitrogens is 2. The Morgan fingerprint density at radius 3 is 2.81 bits per heavy atom. The van der Waals surface area contributed by atoms with Gasteiger partial charge >= 0.3 is 0 Å². The van der Waals surface area contributed by atoms with Crippen LogP contribution in [0, 0.1) is 16.5 Å². The molecule has 0 spiro atoms. The van der Waals surface area contributed by atoms with Gasteiger partial charge < -0.3 is 15.0 Å². The highest BCUT2D eigenvalue weighted by molar-refractivity contribution is 6.34. The minimum atomic E-state index is -0.925. The zero-order valence-electron chi connectivity index (χ0n) is 16.2. The van der Waals surface area contributed by atoms with Gasteiger partial charge in [-0.3, -0.25) is 4.79 Å². The molecule has 31 heavy (non-hydrogen) atoms. The van der Waals surface area contributed by atoms with E-state index in [9.17, 15) is 19.2 Å². The molecule has 0 radical (unpaired) electrons. The summed E-state index contributed by atoms with van der Waals surface area (Å²) in [7, 11) is 0. The van der Waals surface area contributed by atoms with Crippen molar-refractivity contribution in [3.05, 3.63) is 68.8 Å². The lowest BCUT2D eigenvalue weighted by Gasteiger charge is -2.18. The molecule has 0 atom stereocenters. The van der Waals surface area contributed by atoms with Gasteiger partial charge in [0.25, 0.3) is 5.91 Å². The molecule has 2 N–H and O–H groups in total. The average Bonchev–Trinajstić information content (AvgIpc) is 3.11. The molecule has 1 aliphatic rings. The number of amides is 1. The molecule has 2 aromatic carbocycles. The Morgan fingerprint density at radius 2 is 2.06 bits per heavy atom. The first-order valence-corrected chi connectivity index (χ1v) is 9.94. The van der Waals surface area contributed by atoms with Crippen LogP contribution in [-0.4, -0.2) is 20.6 Å². The molecule has 0 saturated heterocycles. The number of hydrogen-bond acceptors (Lipinski definition) is 5. The summed E-state index contributed by atoms with van der Waals surface area (Å²) in [5.74, 6) is -2.75. The fraction of sp³-hybridized carbons (Fsp3) is 0.238. The van der Waals surface area contributed by atoms with Crippen molar-refractivity contribution in [1.82, 2.24) is 9.55 Å². The summed E-state index contributed by atoms with van der Waals surface area (Å²) in [4.78, 5) is 27.7. The smallest absolute Gasteiger partial charge is 0.259 e. The van der Waals surface area contributed by atoms with Gasteiger partial charge in [-0.2, -0.15) is 4.91 Å². The highest BCUT2D eigenvalue weighted by Gasteiger charge is 2.25. The number of imidazole rings is 1. The molecule has 1 amide bonds. The Bertz CT molecular complexity index is 1180. The number of rotatable bonds is 5. The van der Waals surface area contributed by atoms with Crippen LogP contribution in [0.2, 0.25) is 5.02 Å². The number of hydrogen-bond donors (Lipinski definition) is 2. The van der Waals surface area contributed by atoms with Crippen LogP contribution in [0.5, 0.6) is 5.75 Å². The average molecular weight is 447 g/mol. The largest absolute Gasteiger partial charge is 0.507 e. The first kappa shape index (κ1) is 20.9. The molecule has 0 fully saturated rings. The van der Waals surface area contributed by atoms with Gasteiger partial charge in [-0.1, -0.05) is 22.8 Å². The minimum Gasteiger partial charge on any atom is -0.507 e. The number of fused-ring (bicyclic) bond motifs is 1. The number of benzene rings is 2. The van der Waals surface area contributed by atoms with Crippen LogP contribution in [0.15, 0.2) is 35.5 Å². The maximum Gasteiger partial charge on any atom is 0.259 e. The van der Waals surface area contributed by atoms with E-state index in [1.807, 2.05) is 0 Å². The van der Waals surface area contributed by atoms with Crippen LogP contribution in [-0.2, 0) is 19.5 Å². The number of halogens is 3. The third-order valence-corrected chi connectivity index (χ3v) is 5.50. The number of aromatic hydroxyl groups is 1. The number of phenols is 1. The molecule has 10 heteroatoms. The van der Waals surface area contributed by atoms with Crippen molar-refractivity contribution in [2.45, 2.75) is 32.4 Å². The van der Waals surface area contributed by atoms with Gasteiger partial charge in [0, 0.05) is 12.2 Å². The van der Waals surface area contributed by atoms with Crippen LogP contribution >= 0.6 is 11.6 Å². The molecular formula is C21H17ClF2N4O3. The first-order valence-electron chi connectivity index (χ1n) is 9.56. The SMILES string of the molecule is O=NCc1nc(-c2cc(O)c(C(=O)Nc3c(F)cccc3Cl)cc2F)n2c1CCCC2. The summed E-state index contributed by atoms with van der Waals surface area (Å²) < 4.78 is 30.8. The standard InChI is InChI=1S/C21H17ClF2N4O3/c22-13-4-3-5-14(23)19(13)27-21(30)12-8-15(24)11(9-18(12)29)20-26-16(10-25-31)17-6-1-2-7-28(17)20/h3-5,8-9,29H,1-2,6-7,10H2,(H,27,30). The van der Waals surface area contributed by atoms with E-state index in [-0.39, 0.29) is 34.2 Å². The number of anilines is 1. The molecule has 160 valence electrons. The van der Waals surface area contributed by atoms with Gasteiger partial charge in [0.15, 0.2) is 0 Å². The fourth-order valence-corrected chi connectivity index (χ4v) is 3.94. The van der Waals surface area contributed by atoms with E-state index in [1.165, 1.54) is 12.1 Å². The molecule has 4 rings (SSSR count). The highest BCUT2D eigenvalue weighted by atomic mass is 35.5. The van der Waals surface area contributed by atoms with Gasteiger partial charge in [-0.25, -0.2) is 13.8 Å². The van der Waals surface area contributed by atoms with E-state index >= 15 is 4.39 Å². The van der Waals surface area contributed by atoms with E-state index in [2.05, 4.69) is 15.5 Å². The Morgan fingerprint density at radius 1 is 1.26 bits per heavy atom. The molecule has 0 unspecified atom stereocenters. The molecule has 0 aliphatic carbocycles. The maximum atomic E-state index is 15.0. The third-order valence-electron chi connectivity index (χ3n) is 5.19. The van der Waals surface area contributed by atoms with E-state index in [0.29, 0.717) is 18.7 Å². The van der Waals surface area contributed by atoms with E-state index in [4.69, 9.17) is 11.6 Å². The van der Waals surface area contributed by atoms with Crippen molar-refractivity contribution < 1.29 is 18.7 Å². The lowest BCUT2D eigenvalue weighted by molar-refractivity contribution is 0.102. The Kier molecular flexibility index (Phi) is 5.69. The summed E-state index contributed by atoms with van der Waals surface area (Å²) in [6.07, 6.45) is 2.47. The summed E-state index contributed by atoms with van der Waals surface area (Å²) in [5, 5.41) is 15.5. The summed E-state index contributed by atoms with van der Waals surface area (Å²) in [6, 6.07) is 5.82. The summed E-state index contributed by atoms with van der Waals surface area (Å²) in [5.41, 5.74) is 0.612. The van der Waals surface area contributed by atoms with E-state index in [0.717, 1.165) is 36.7 Å². The number of nitroso groups, excluding NO2 is 1. The monoisotopic (exact) mass is 446 g/mol. The second kappa shape index (κ2) is 8.43. The normalized spacial score (nSPS) is 13.0. The van der Waals surface area contributed by atoms with Crippen molar-refractivity contribution in [3.8, 4) is 17.1 Å². The van der Waals surface area contributed by atoms with Crippen molar-refractivity contribution >= 4 is 23.2 Å². The van der Waals surface area contributed by atoms with Gasteiger partial charge in [0.2, 0.25) is 0 Å². The molecule has 1 aliphatic heterocycles. The Hall–Kier alpha value is -3.33. The lowest BCUT2D eigenvalue weighted by atomic mass is 10.1. The molecule has 0 bridgehead atoms. The first-order chi connectivity index (χ1) is 14.9. The van der Waals surface area contributed by atoms with Crippen LogP contribution in [0.1, 0.15) is 34.6 Å². The van der Waals surface area contributed by atoms with Crippen LogP contribution in [0.4, 0.5) is 14.5 Å². The van der Waals surface area contributed by atoms with Crippen LogP contribution < -0.4 is 5.32 Å². The van der Waals surface area contributed by atoms with E-state index < -0.39 is 23.3 Å². The number of nitrogens with zero attached hydrogens (tertiary/aromatic N) is 3. The quantitative estimate of drug-likeness (QED) is 0.536. The van der Waals surface area contributed by atoms with Gasteiger partial charge in [0.05, 0.1) is 27.5 Å². The predicted octanol–water partition coefficient (Wildman–Crippen LogP) is 5.04. The minimum absolute atomic E-state index is 0.0155. The van der Waals surface area contributed by atoms with Crippen molar-refractivity contribution in [2.24, 2.45) is 5.18 Å². The summed E-state index contributed by atoms with van der Waals surface area (Å²) >= 11 is 5.90. The molecular weight excluding hydrogens is 430 g/mol. The molecule has 2 heterocycles. The molecule has 3 aromatic rings. The second-order valence-electron chi connectivity index (χ2n) is 7.12. The van der Waals surface area contributed by atoms with E-state index in [1.54, 1.807) is 4.57 Å². The third kappa shape index (κ3) is 3.88. The number of phenolic OH excluding ortho intramolecular Hbond substituents is 1. The summed E-state index contributed by atoms with van der Waals surface area (Å²) in [6.45, 7) is 0.456. The number of carbonyl (C=O) groups is 1. The molecule has 0 saturated carbocycles. The van der Waals surface area contributed by atoms with Crippen LogP contribution in [0.25, 0.3) is 11.4 Å². The Labute approximate surface area is 180 Å². The maximum absolute atomic E-state index is 15.0. The van der Waals surface area contributed by atoms with Gasteiger partial charge in [-0.05, 0) is 43.5 Å². The second-order valence-corrected chi connectivity index (χ2v) is 7.53. The molecule has 1 aromatic heterocycles. The zero-order valence-corrected chi connectivity index (χ0v) is 16.9.